The highest BCUT2D eigenvalue weighted by Gasteiger charge is 2.30. The second-order valence-corrected chi connectivity index (χ2v) is 4.84. The van der Waals surface area contributed by atoms with Crippen molar-refractivity contribution in [1.82, 2.24) is 5.32 Å². The van der Waals surface area contributed by atoms with Crippen molar-refractivity contribution < 1.29 is 9.90 Å². The number of carboxylic acids is 1. The minimum atomic E-state index is -0.672. The van der Waals surface area contributed by atoms with Crippen LogP contribution in [0.5, 0.6) is 0 Å². The summed E-state index contributed by atoms with van der Waals surface area (Å²) in [7, 11) is 0. The van der Waals surface area contributed by atoms with Crippen molar-refractivity contribution >= 4 is 5.97 Å². The van der Waals surface area contributed by atoms with Gasteiger partial charge in [0.25, 0.3) is 0 Å². The molecular weight excluding hydrogens is 214 g/mol. The van der Waals surface area contributed by atoms with E-state index in [0.717, 1.165) is 25.8 Å². The van der Waals surface area contributed by atoms with Crippen molar-refractivity contribution in [2.24, 2.45) is 5.92 Å². The van der Waals surface area contributed by atoms with E-state index in [1.807, 2.05) is 0 Å². The number of hydrogen-bond donors (Lipinski definition) is 2. The SMILES string of the molecule is Cc1ccc(CC2NCCCC2C(=O)O)cc1. The van der Waals surface area contributed by atoms with Crippen molar-refractivity contribution in [2.75, 3.05) is 6.54 Å². The van der Waals surface area contributed by atoms with E-state index in [9.17, 15) is 9.90 Å². The van der Waals surface area contributed by atoms with Crippen LogP contribution in [0.4, 0.5) is 0 Å². The van der Waals surface area contributed by atoms with Crippen LogP contribution in [0.3, 0.4) is 0 Å². The number of benzene rings is 1. The molecule has 0 aromatic heterocycles. The lowest BCUT2D eigenvalue weighted by atomic mass is 9.87. The van der Waals surface area contributed by atoms with Crippen LogP contribution >= 0.6 is 0 Å². The quantitative estimate of drug-likeness (QED) is 0.839. The number of aliphatic carboxylic acids is 1. The Labute approximate surface area is 102 Å². The number of rotatable bonds is 3. The molecule has 1 aliphatic heterocycles. The van der Waals surface area contributed by atoms with Gasteiger partial charge in [-0.3, -0.25) is 4.79 Å². The van der Waals surface area contributed by atoms with Crippen LogP contribution < -0.4 is 5.32 Å². The van der Waals surface area contributed by atoms with E-state index in [4.69, 9.17) is 0 Å². The number of piperidine rings is 1. The van der Waals surface area contributed by atoms with Crippen LogP contribution in [-0.2, 0) is 11.2 Å². The van der Waals surface area contributed by atoms with Crippen LogP contribution in [0.25, 0.3) is 0 Å². The van der Waals surface area contributed by atoms with Gasteiger partial charge in [-0.25, -0.2) is 0 Å². The molecule has 1 aliphatic rings. The molecule has 0 radical (unpaired) electrons. The molecule has 0 spiro atoms. The van der Waals surface area contributed by atoms with Crippen molar-refractivity contribution in [2.45, 2.75) is 32.2 Å². The van der Waals surface area contributed by atoms with Gasteiger partial charge < -0.3 is 10.4 Å². The Hall–Kier alpha value is -1.35. The summed E-state index contributed by atoms with van der Waals surface area (Å²) in [5.41, 5.74) is 2.45. The molecule has 92 valence electrons. The van der Waals surface area contributed by atoms with Gasteiger partial charge in [0.05, 0.1) is 5.92 Å². The van der Waals surface area contributed by atoms with Crippen molar-refractivity contribution in [3.05, 3.63) is 35.4 Å². The van der Waals surface area contributed by atoms with Gasteiger partial charge in [0, 0.05) is 6.04 Å². The first kappa shape index (κ1) is 12.1. The van der Waals surface area contributed by atoms with E-state index in [-0.39, 0.29) is 12.0 Å². The first-order valence-corrected chi connectivity index (χ1v) is 6.18. The summed E-state index contributed by atoms with van der Waals surface area (Å²) in [6.45, 7) is 2.99. The zero-order chi connectivity index (χ0) is 12.3. The highest BCUT2D eigenvalue weighted by atomic mass is 16.4. The highest BCUT2D eigenvalue weighted by molar-refractivity contribution is 5.71. The minimum absolute atomic E-state index is 0.0731. The number of nitrogens with one attached hydrogen (secondary N) is 1. The fraction of sp³-hybridized carbons (Fsp3) is 0.500. The maximum atomic E-state index is 11.2. The lowest BCUT2D eigenvalue weighted by Crippen LogP contribution is -2.46. The largest absolute Gasteiger partial charge is 0.481 e. The molecule has 1 fully saturated rings. The van der Waals surface area contributed by atoms with Gasteiger partial charge in [0.1, 0.15) is 0 Å². The molecule has 0 aliphatic carbocycles. The predicted octanol–water partition coefficient (Wildman–Crippen LogP) is 1.99. The topological polar surface area (TPSA) is 49.3 Å². The average molecular weight is 233 g/mol. The summed E-state index contributed by atoms with van der Waals surface area (Å²) in [6, 6.07) is 8.40. The van der Waals surface area contributed by atoms with Crippen LogP contribution in [-0.4, -0.2) is 23.7 Å². The van der Waals surface area contributed by atoms with Gasteiger partial charge in [0.15, 0.2) is 0 Å². The van der Waals surface area contributed by atoms with Crippen LogP contribution in [0, 0.1) is 12.8 Å². The molecule has 2 unspecified atom stereocenters. The standard InChI is InChI=1S/C14H19NO2/c1-10-4-6-11(7-5-10)9-13-12(14(16)17)3-2-8-15-13/h4-7,12-13,15H,2-3,8-9H2,1H3,(H,16,17). The molecule has 2 N–H and O–H groups in total. The predicted molar refractivity (Wildman–Crippen MR) is 67.0 cm³/mol. The Morgan fingerprint density at radius 2 is 2.12 bits per heavy atom. The van der Waals surface area contributed by atoms with Crippen LogP contribution in [0.1, 0.15) is 24.0 Å². The Bertz CT molecular complexity index is 386. The maximum Gasteiger partial charge on any atom is 0.308 e. The fourth-order valence-corrected chi connectivity index (χ4v) is 2.44. The van der Waals surface area contributed by atoms with Crippen LogP contribution in [0.15, 0.2) is 24.3 Å². The van der Waals surface area contributed by atoms with E-state index in [2.05, 4.69) is 36.5 Å². The highest BCUT2D eigenvalue weighted by Crippen LogP contribution is 2.20. The molecule has 1 aromatic rings. The third-order valence-corrected chi connectivity index (χ3v) is 3.48. The second-order valence-electron chi connectivity index (χ2n) is 4.84. The second kappa shape index (κ2) is 5.32. The van der Waals surface area contributed by atoms with Gasteiger partial charge >= 0.3 is 5.97 Å². The smallest absolute Gasteiger partial charge is 0.308 e. The van der Waals surface area contributed by atoms with Gasteiger partial charge in [0.2, 0.25) is 0 Å². The summed E-state index contributed by atoms with van der Waals surface area (Å²) < 4.78 is 0. The summed E-state index contributed by atoms with van der Waals surface area (Å²) in [6.07, 6.45) is 2.55. The summed E-state index contributed by atoms with van der Waals surface area (Å²) in [5.74, 6) is -0.917. The summed E-state index contributed by atoms with van der Waals surface area (Å²) in [5, 5.41) is 12.5. The summed E-state index contributed by atoms with van der Waals surface area (Å²) >= 11 is 0. The molecule has 1 saturated heterocycles. The zero-order valence-electron chi connectivity index (χ0n) is 10.1. The van der Waals surface area contributed by atoms with E-state index in [1.165, 1.54) is 11.1 Å². The average Bonchev–Trinajstić information content (AvgIpc) is 2.32. The minimum Gasteiger partial charge on any atom is -0.481 e. The van der Waals surface area contributed by atoms with Gasteiger partial charge in [-0.1, -0.05) is 29.8 Å². The Kier molecular flexibility index (Phi) is 3.79. The van der Waals surface area contributed by atoms with E-state index >= 15 is 0 Å². The van der Waals surface area contributed by atoms with Gasteiger partial charge in [-0.05, 0) is 38.3 Å². The monoisotopic (exact) mass is 233 g/mol. The van der Waals surface area contributed by atoms with Crippen molar-refractivity contribution in [1.29, 1.82) is 0 Å². The van der Waals surface area contributed by atoms with Gasteiger partial charge in [-0.2, -0.15) is 0 Å². The van der Waals surface area contributed by atoms with E-state index in [0.29, 0.717) is 0 Å². The molecule has 0 bridgehead atoms. The van der Waals surface area contributed by atoms with Crippen molar-refractivity contribution in [3.8, 4) is 0 Å². The molecule has 1 heterocycles. The summed E-state index contributed by atoms with van der Waals surface area (Å²) in [4.78, 5) is 11.2. The number of aryl methyl sites for hydroxylation is 1. The number of carboxylic acid groups (broad SMARTS) is 1. The molecule has 17 heavy (non-hydrogen) atoms. The van der Waals surface area contributed by atoms with E-state index < -0.39 is 5.97 Å². The Morgan fingerprint density at radius 3 is 2.76 bits per heavy atom. The normalized spacial score (nSPS) is 24.5. The Morgan fingerprint density at radius 1 is 1.41 bits per heavy atom. The molecule has 3 nitrogen and oxygen atoms in total. The van der Waals surface area contributed by atoms with Crippen LogP contribution in [0.2, 0.25) is 0 Å². The molecule has 3 heteroatoms. The maximum absolute atomic E-state index is 11.2. The number of carbonyl (C=O) groups is 1. The molecular formula is C14H19NO2. The molecule has 0 amide bonds. The Balaban J connectivity index is 2.05. The zero-order valence-corrected chi connectivity index (χ0v) is 10.1. The fourth-order valence-electron chi connectivity index (χ4n) is 2.44. The molecule has 2 atom stereocenters. The molecule has 1 aromatic carbocycles. The molecule has 0 saturated carbocycles. The third kappa shape index (κ3) is 3.07. The first-order chi connectivity index (χ1) is 8.16. The van der Waals surface area contributed by atoms with Crippen molar-refractivity contribution in [3.63, 3.8) is 0 Å². The molecule has 2 rings (SSSR count). The van der Waals surface area contributed by atoms with Gasteiger partial charge in [-0.15, -0.1) is 0 Å². The first-order valence-electron chi connectivity index (χ1n) is 6.18. The lowest BCUT2D eigenvalue weighted by molar-refractivity contribution is -0.143. The lowest BCUT2D eigenvalue weighted by Gasteiger charge is -2.29. The van der Waals surface area contributed by atoms with E-state index in [1.54, 1.807) is 0 Å². The third-order valence-electron chi connectivity index (χ3n) is 3.48. The number of hydrogen-bond acceptors (Lipinski definition) is 2.